The fourth-order valence-electron chi connectivity index (χ4n) is 3.55. The third-order valence-electron chi connectivity index (χ3n) is 5.21. The Morgan fingerprint density at radius 1 is 1.00 bits per heavy atom. The summed E-state index contributed by atoms with van der Waals surface area (Å²) in [5.74, 6) is 0.706. The predicted octanol–water partition coefficient (Wildman–Crippen LogP) is 4.04. The normalized spacial score (nSPS) is 29.3. The Morgan fingerprint density at radius 3 is 2.40 bits per heavy atom. The Morgan fingerprint density at radius 2 is 1.68 bits per heavy atom. The van der Waals surface area contributed by atoms with Gasteiger partial charge < -0.3 is 16.0 Å². The predicted molar refractivity (Wildman–Crippen MR) is 108 cm³/mol. The second-order valence-electron chi connectivity index (χ2n) is 6.95. The second-order valence-corrected chi connectivity index (χ2v) is 6.95. The smallest absolute Gasteiger partial charge is 0.0840 e. The van der Waals surface area contributed by atoms with E-state index in [0.717, 1.165) is 6.67 Å². The van der Waals surface area contributed by atoms with Gasteiger partial charge in [0.25, 0.3) is 0 Å². The highest BCUT2D eigenvalue weighted by Gasteiger charge is 2.20. The monoisotopic (exact) mass is 335 g/mol. The Bertz CT molecular complexity index is 707. The summed E-state index contributed by atoms with van der Waals surface area (Å²) in [7, 11) is 2.05. The highest BCUT2D eigenvalue weighted by atomic mass is 15.0. The SMILES string of the molecule is CNC1C=C(c2ccc(C3=C(C)\C=C/NCN/C=C\3)cc2)CCC1C. The quantitative estimate of drug-likeness (QED) is 0.780. The molecule has 3 nitrogen and oxygen atoms in total. The third-order valence-corrected chi connectivity index (χ3v) is 5.21. The van der Waals surface area contributed by atoms with E-state index in [2.05, 4.69) is 79.3 Å². The maximum Gasteiger partial charge on any atom is 0.0840 e. The summed E-state index contributed by atoms with van der Waals surface area (Å²) in [5.41, 5.74) is 6.56. The zero-order valence-electron chi connectivity index (χ0n) is 15.5. The van der Waals surface area contributed by atoms with Crippen molar-refractivity contribution in [2.75, 3.05) is 13.7 Å². The standard InChI is InChI=1S/C22H29N3/c1-16-10-12-24-15-25-13-11-21(16)19-8-6-18(7-9-19)20-5-4-17(2)22(14-20)23-3/h6-14,17,22-25H,4-5,15H2,1-3H3/b12-10-,13-11-,21-16-. The molecule has 1 aliphatic carbocycles. The van der Waals surface area contributed by atoms with Gasteiger partial charge in [-0.25, -0.2) is 0 Å². The first-order chi connectivity index (χ1) is 12.2. The van der Waals surface area contributed by atoms with E-state index in [9.17, 15) is 0 Å². The van der Waals surface area contributed by atoms with E-state index in [0.29, 0.717) is 12.0 Å². The van der Waals surface area contributed by atoms with Crippen molar-refractivity contribution in [3.05, 3.63) is 71.6 Å². The number of nitrogens with one attached hydrogen (secondary N) is 3. The lowest BCUT2D eigenvalue weighted by Crippen LogP contribution is -2.32. The molecule has 1 aromatic rings. The Hall–Kier alpha value is -2.26. The summed E-state index contributed by atoms with van der Waals surface area (Å²) in [5, 5.41) is 9.86. The second kappa shape index (κ2) is 8.21. The highest BCUT2D eigenvalue weighted by molar-refractivity contribution is 5.79. The van der Waals surface area contributed by atoms with Crippen LogP contribution in [0.15, 0.2) is 60.5 Å². The molecule has 0 aromatic heterocycles. The number of allylic oxidation sites excluding steroid dienone is 5. The topological polar surface area (TPSA) is 36.1 Å². The van der Waals surface area contributed by atoms with Crippen molar-refractivity contribution >= 4 is 11.1 Å². The van der Waals surface area contributed by atoms with Crippen LogP contribution in [0, 0.1) is 5.92 Å². The molecule has 0 radical (unpaired) electrons. The van der Waals surface area contributed by atoms with Gasteiger partial charge in [-0.05, 0) is 85.1 Å². The van der Waals surface area contributed by atoms with Crippen molar-refractivity contribution in [3.63, 3.8) is 0 Å². The van der Waals surface area contributed by atoms with Crippen LogP contribution >= 0.6 is 0 Å². The lowest BCUT2D eigenvalue weighted by Gasteiger charge is -2.27. The Kier molecular flexibility index (Phi) is 5.77. The molecule has 3 heteroatoms. The Labute approximate surface area is 151 Å². The maximum atomic E-state index is 3.43. The van der Waals surface area contributed by atoms with E-state index in [-0.39, 0.29) is 0 Å². The number of benzene rings is 1. The van der Waals surface area contributed by atoms with Crippen LogP contribution in [0.3, 0.4) is 0 Å². The van der Waals surface area contributed by atoms with Gasteiger partial charge in [-0.2, -0.15) is 0 Å². The van der Waals surface area contributed by atoms with Crippen LogP contribution < -0.4 is 16.0 Å². The molecule has 2 aliphatic rings. The Balaban J connectivity index is 1.87. The minimum Gasteiger partial charge on any atom is -0.374 e. The number of likely N-dealkylation sites (N-methyl/N-ethyl adjacent to an activating group) is 1. The number of rotatable bonds is 3. The van der Waals surface area contributed by atoms with E-state index in [4.69, 9.17) is 0 Å². The summed E-state index contributed by atoms with van der Waals surface area (Å²) < 4.78 is 0. The molecule has 0 saturated carbocycles. The molecule has 3 rings (SSSR count). The van der Waals surface area contributed by atoms with Gasteiger partial charge in [0.15, 0.2) is 0 Å². The summed E-state index contributed by atoms with van der Waals surface area (Å²) in [6.07, 6.45) is 13.1. The van der Waals surface area contributed by atoms with Crippen LogP contribution in [0.1, 0.15) is 37.8 Å². The summed E-state index contributed by atoms with van der Waals surface area (Å²) in [6.45, 7) is 5.22. The molecule has 0 spiro atoms. The van der Waals surface area contributed by atoms with Gasteiger partial charge in [-0.15, -0.1) is 0 Å². The van der Waals surface area contributed by atoms with Gasteiger partial charge in [0.05, 0.1) is 6.67 Å². The van der Waals surface area contributed by atoms with Crippen LogP contribution in [0.4, 0.5) is 0 Å². The van der Waals surface area contributed by atoms with Gasteiger partial charge >= 0.3 is 0 Å². The van der Waals surface area contributed by atoms with Crippen LogP contribution in [0.2, 0.25) is 0 Å². The summed E-state index contributed by atoms with van der Waals surface area (Å²) >= 11 is 0. The zero-order valence-corrected chi connectivity index (χ0v) is 15.5. The molecular weight excluding hydrogens is 306 g/mol. The molecular formula is C22H29N3. The fraction of sp³-hybridized carbons (Fsp3) is 0.364. The molecule has 2 atom stereocenters. The number of hydrogen-bond donors (Lipinski definition) is 3. The lowest BCUT2D eigenvalue weighted by atomic mass is 9.84. The molecule has 1 aliphatic heterocycles. The minimum absolute atomic E-state index is 0.481. The van der Waals surface area contributed by atoms with Gasteiger partial charge in [-0.3, -0.25) is 0 Å². The fourth-order valence-corrected chi connectivity index (χ4v) is 3.55. The zero-order chi connectivity index (χ0) is 17.6. The minimum atomic E-state index is 0.481. The number of hydrogen-bond acceptors (Lipinski definition) is 3. The molecule has 25 heavy (non-hydrogen) atoms. The first-order valence-corrected chi connectivity index (χ1v) is 9.18. The van der Waals surface area contributed by atoms with Crippen LogP contribution in [-0.2, 0) is 0 Å². The molecule has 132 valence electrons. The van der Waals surface area contributed by atoms with Crippen LogP contribution in [0.5, 0.6) is 0 Å². The van der Waals surface area contributed by atoms with E-state index < -0.39 is 0 Å². The molecule has 1 aromatic carbocycles. The summed E-state index contributed by atoms with van der Waals surface area (Å²) in [4.78, 5) is 0. The van der Waals surface area contributed by atoms with E-state index >= 15 is 0 Å². The third kappa shape index (κ3) is 4.23. The van der Waals surface area contributed by atoms with Crippen molar-refractivity contribution < 1.29 is 0 Å². The van der Waals surface area contributed by atoms with Gasteiger partial charge in [0.1, 0.15) is 0 Å². The van der Waals surface area contributed by atoms with E-state index in [1.54, 1.807) is 0 Å². The first-order valence-electron chi connectivity index (χ1n) is 9.18. The molecule has 0 bridgehead atoms. The average molecular weight is 335 g/mol. The largest absolute Gasteiger partial charge is 0.374 e. The van der Waals surface area contributed by atoms with Crippen molar-refractivity contribution in [1.82, 2.24) is 16.0 Å². The van der Waals surface area contributed by atoms with Crippen LogP contribution in [-0.4, -0.2) is 19.8 Å². The van der Waals surface area contributed by atoms with Gasteiger partial charge in [-0.1, -0.05) is 37.3 Å². The molecule has 1 heterocycles. The lowest BCUT2D eigenvalue weighted by molar-refractivity contribution is 0.424. The molecule has 3 N–H and O–H groups in total. The molecule has 2 unspecified atom stereocenters. The van der Waals surface area contributed by atoms with Crippen LogP contribution in [0.25, 0.3) is 11.1 Å². The van der Waals surface area contributed by atoms with Gasteiger partial charge in [0, 0.05) is 6.04 Å². The van der Waals surface area contributed by atoms with Crippen molar-refractivity contribution in [2.45, 2.75) is 32.7 Å². The summed E-state index contributed by atoms with van der Waals surface area (Å²) in [6, 6.07) is 9.49. The van der Waals surface area contributed by atoms with Crippen molar-refractivity contribution in [3.8, 4) is 0 Å². The molecule has 0 fully saturated rings. The molecule has 0 saturated heterocycles. The molecule has 0 amide bonds. The van der Waals surface area contributed by atoms with E-state index in [1.807, 2.05) is 12.4 Å². The van der Waals surface area contributed by atoms with Gasteiger partial charge in [0.2, 0.25) is 0 Å². The van der Waals surface area contributed by atoms with Crippen molar-refractivity contribution in [1.29, 1.82) is 0 Å². The van der Waals surface area contributed by atoms with E-state index in [1.165, 1.54) is 40.7 Å². The first kappa shape index (κ1) is 17.6. The average Bonchev–Trinajstić information content (AvgIpc) is 2.74. The maximum absolute atomic E-state index is 3.43. The highest BCUT2D eigenvalue weighted by Crippen LogP contribution is 2.31. The van der Waals surface area contributed by atoms with Crippen molar-refractivity contribution in [2.24, 2.45) is 5.92 Å².